The summed E-state index contributed by atoms with van der Waals surface area (Å²) in [6.07, 6.45) is 0. The summed E-state index contributed by atoms with van der Waals surface area (Å²) in [5.41, 5.74) is 0. The molecule has 0 aliphatic rings. The molecule has 0 bridgehead atoms. The van der Waals surface area contributed by atoms with E-state index in [0.717, 1.165) is 0 Å². The molecule has 0 atom stereocenters. The van der Waals surface area contributed by atoms with Gasteiger partial charge in [0.2, 0.25) is 0 Å². The van der Waals surface area contributed by atoms with Crippen molar-refractivity contribution in [1.82, 2.24) is 0 Å². The Morgan fingerprint density at radius 3 is 2.00 bits per heavy atom. The van der Waals surface area contributed by atoms with Crippen LogP contribution in [0.15, 0.2) is 0 Å². The Bertz CT molecular complexity index is 46.1. The van der Waals surface area contributed by atoms with Gasteiger partial charge in [-0.2, -0.15) is 0 Å². The molecule has 0 heterocycles. The lowest BCUT2D eigenvalue weighted by molar-refractivity contribution is -0.0393. The zero-order chi connectivity index (χ0) is 4.28. The van der Waals surface area contributed by atoms with Crippen molar-refractivity contribution in [3.05, 3.63) is 0 Å². The fourth-order valence-electron chi connectivity index (χ4n) is 0. The number of hydrogen-bond acceptors (Lipinski definition) is 2. The molecule has 0 aromatic carbocycles. The summed E-state index contributed by atoms with van der Waals surface area (Å²) >= 11 is 0. The van der Waals surface area contributed by atoms with E-state index in [1.54, 1.807) is 0 Å². The lowest BCUT2D eigenvalue weighted by atomic mass is 15.6. The van der Waals surface area contributed by atoms with Crippen LogP contribution in [-0.2, 0) is 9.09 Å². The van der Waals surface area contributed by atoms with Gasteiger partial charge in [-0.3, -0.25) is 9.09 Å². The summed E-state index contributed by atoms with van der Waals surface area (Å²) in [4.78, 5) is 7.31. The Morgan fingerprint density at radius 2 is 2.00 bits per heavy atom. The molecule has 0 aliphatic carbocycles. The van der Waals surface area contributed by atoms with E-state index in [-0.39, 0.29) is 17.4 Å². The number of halogens is 1. The largest absolute Gasteiger partial charge is 0.803 e. The fourth-order valence-corrected chi connectivity index (χ4v) is 0. The molecule has 0 rings (SSSR count). The predicted molar refractivity (Wildman–Crippen MR) is 20.8 cm³/mol. The van der Waals surface area contributed by atoms with Gasteiger partial charge < -0.3 is 4.80 Å². The summed E-state index contributed by atoms with van der Waals surface area (Å²) in [7, 11) is -3.29. The van der Waals surface area contributed by atoms with Crippen molar-refractivity contribution in [3.8, 4) is 0 Å². The fraction of sp³-hybridized carbons (Fsp3) is 0. The van der Waals surface area contributed by atoms with Gasteiger partial charge in [-0.25, -0.2) is 0 Å². The van der Waals surface area contributed by atoms with E-state index in [4.69, 9.17) is 9.26 Å². The van der Waals surface area contributed by atoms with Gasteiger partial charge in [0, 0.05) is 4.53 Å². The maximum atomic E-state index is 10.1. The van der Waals surface area contributed by atoms with Crippen LogP contribution in [0.25, 0.3) is 0 Å². The first-order valence-corrected chi connectivity index (χ1v) is 2.05. The van der Waals surface area contributed by atoms with Gasteiger partial charge in [-0.05, 0) is 0 Å². The van der Waals surface area contributed by atoms with Crippen molar-refractivity contribution >= 4 is 26.5 Å². The van der Waals surface area contributed by atoms with Gasteiger partial charge in [0.1, 0.15) is 0 Å². The summed E-state index contributed by atoms with van der Waals surface area (Å²) < 4.78 is 21.4. The minimum Gasteiger partial charge on any atom is -0.510 e. The average Bonchev–Trinajstić information content (AvgIpc) is 1.38. The third-order valence-electron chi connectivity index (χ3n) is 0.0660. The molecule has 0 saturated heterocycles. The van der Waals surface area contributed by atoms with Crippen molar-refractivity contribution in [1.29, 1.82) is 0 Å². The second kappa shape index (κ2) is 5.08. The van der Waals surface area contributed by atoms with Crippen molar-refractivity contribution < 1.29 is 18.4 Å². The van der Waals surface area contributed by atoms with E-state index in [2.05, 4.69) is 4.63 Å². The van der Waals surface area contributed by atoms with Crippen molar-refractivity contribution in [2.75, 3.05) is 0 Å². The maximum absolute atomic E-state index is 10.1. The van der Waals surface area contributed by atoms with Crippen molar-refractivity contribution in [3.63, 3.8) is 0 Å². The Hall–Kier alpha value is 0.0794. The molecule has 0 amide bonds. The molecule has 0 spiro atoms. The maximum Gasteiger partial charge on any atom is 0.803 e. The molecule has 1 N–H and O–H groups in total. The van der Waals surface area contributed by atoms with Gasteiger partial charge in [-0.15, -0.1) is 0 Å². The Labute approximate surface area is 45.7 Å². The molecule has 0 fully saturated rings. The summed E-state index contributed by atoms with van der Waals surface area (Å²) in [6, 6.07) is 0. The van der Waals surface area contributed by atoms with Gasteiger partial charge in [0.15, 0.2) is 17.4 Å². The molecule has 0 radical (unpaired) electrons. The Morgan fingerprint density at radius 1 is 1.83 bits per heavy atom. The van der Waals surface area contributed by atoms with Crippen LogP contribution in [0.5, 0.6) is 0 Å². The standard InChI is InChI=1S/Al.FHO3Si.3H/c;1-4-5(2)3;;;/h;2H;;;. The van der Waals surface area contributed by atoms with E-state index < -0.39 is 9.17 Å². The first kappa shape index (κ1) is 9.43. The van der Waals surface area contributed by atoms with Gasteiger partial charge in [-0.1, -0.05) is 0 Å². The minimum atomic E-state index is -3.29. The van der Waals surface area contributed by atoms with Crippen LogP contribution in [0.2, 0.25) is 0 Å². The molecule has 0 saturated carbocycles. The molecular weight excluding hydrogens is 122 g/mol. The van der Waals surface area contributed by atoms with Crippen LogP contribution >= 0.6 is 0 Å². The van der Waals surface area contributed by atoms with Crippen molar-refractivity contribution in [2.24, 2.45) is 0 Å². The Kier molecular flexibility index (Phi) is 7.98. The first-order valence-electron chi connectivity index (χ1n) is 0.786. The number of rotatable bonds is 1. The quantitative estimate of drug-likeness (QED) is 0.418. The summed E-state index contributed by atoms with van der Waals surface area (Å²) in [6.45, 7) is 0. The third-order valence-corrected chi connectivity index (χ3v) is 0.198. The molecule has 6 heteroatoms. The SMILES string of the molecule is O=[Si](O)OF.[AlH3]. The van der Waals surface area contributed by atoms with Crippen LogP contribution in [0.4, 0.5) is 4.53 Å². The van der Waals surface area contributed by atoms with E-state index in [9.17, 15) is 4.53 Å². The molecule has 0 unspecified atom stereocenters. The highest BCUT2D eigenvalue weighted by Gasteiger charge is 1.99. The topological polar surface area (TPSA) is 46.5 Å². The molecule has 36 valence electrons. The lowest BCUT2D eigenvalue weighted by Gasteiger charge is -1.67. The average molecular weight is 126 g/mol. The van der Waals surface area contributed by atoms with Gasteiger partial charge >= 0.3 is 9.17 Å². The zero-order valence-corrected chi connectivity index (χ0v) is 3.14. The minimum absolute atomic E-state index is 0. The molecule has 0 aliphatic heterocycles. The van der Waals surface area contributed by atoms with Crippen LogP contribution in [-0.4, -0.2) is 31.3 Å². The molecular formula is H4AlFO3Si. The van der Waals surface area contributed by atoms with Gasteiger partial charge in [0.25, 0.3) is 0 Å². The van der Waals surface area contributed by atoms with E-state index in [0.29, 0.717) is 0 Å². The lowest BCUT2D eigenvalue weighted by Crippen LogP contribution is -1.94. The highest BCUT2D eigenvalue weighted by atomic mass is 28.3. The molecule has 0 aromatic rings. The van der Waals surface area contributed by atoms with Crippen molar-refractivity contribution in [2.45, 2.75) is 0 Å². The van der Waals surface area contributed by atoms with Crippen LogP contribution in [0.1, 0.15) is 0 Å². The van der Waals surface area contributed by atoms with Crippen LogP contribution < -0.4 is 0 Å². The van der Waals surface area contributed by atoms with Gasteiger partial charge in [0.05, 0.1) is 0 Å². The highest BCUT2D eigenvalue weighted by Crippen LogP contribution is 1.62. The van der Waals surface area contributed by atoms with E-state index >= 15 is 0 Å². The summed E-state index contributed by atoms with van der Waals surface area (Å²) in [5.74, 6) is 0. The van der Waals surface area contributed by atoms with E-state index in [1.807, 2.05) is 0 Å². The number of hydrogen-bond donors (Lipinski definition) is 1. The second-order valence-corrected chi connectivity index (χ2v) is 1.03. The predicted octanol–water partition coefficient (Wildman–Crippen LogP) is -1.89. The monoisotopic (exact) mass is 126 g/mol. The second-order valence-electron chi connectivity index (χ2n) is 0.343. The molecule has 3 nitrogen and oxygen atoms in total. The summed E-state index contributed by atoms with van der Waals surface area (Å²) in [5, 5.41) is 0. The van der Waals surface area contributed by atoms with Crippen LogP contribution in [0.3, 0.4) is 0 Å². The smallest absolute Gasteiger partial charge is 0.510 e. The van der Waals surface area contributed by atoms with Crippen LogP contribution in [0, 0.1) is 0 Å². The zero-order valence-electron chi connectivity index (χ0n) is 2.14. The third kappa shape index (κ3) is 8.95. The molecule has 0 aromatic heterocycles. The highest BCUT2D eigenvalue weighted by molar-refractivity contribution is 6.23. The molecule has 6 heavy (non-hydrogen) atoms. The first-order chi connectivity index (χ1) is 2.27. The Balaban J connectivity index is 0. The normalized spacial score (nSPS) is 5.50. The van der Waals surface area contributed by atoms with E-state index in [1.165, 1.54) is 0 Å².